The lowest BCUT2D eigenvalue weighted by molar-refractivity contribution is -0.135. The minimum absolute atomic E-state index is 0.0280. The summed E-state index contributed by atoms with van der Waals surface area (Å²) < 4.78 is 5.05. The second-order valence-electron chi connectivity index (χ2n) is 6.71. The number of urea groups is 1. The number of aromatic hydroxyl groups is 1. The molecule has 0 spiro atoms. The Labute approximate surface area is 168 Å². The van der Waals surface area contributed by atoms with Gasteiger partial charge in [-0.05, 0) is 30.7 Å². The molecule has 1 aliphatic rings. The molecule has 3 amide bonds. The largest absolute Gasteiger partial charge is 0.507 e. The molecule has 2 aromatic carbocycles. The van der Waals surface area contributed by atoms with Crippen LogP contribution in [-0.4, -0.2) is 65.6 Å². The summed E-state index contributed by atoms with van der Waals surface area (Å²) in [6, 6.07) is 13.7. The zero-order chi connectivity index (χ0) is 20.8. The van der Waals surface area contributed by atoms with Crippen molar-refractivity contribution in [3.8, 4) is 5.75 Å². The molecule has 2 N–H and O–H groups in total. The highest BCUT2D eigenvalue weighted by molar-refractivity contribution is 5.94. The number of anilines is 1. The quantitative estimate of drug-likeness (QED) is 0.771. The summed E-state index contributed by atoms with van der Waals surface area (Å²) in [5.41, 5.74) is 1.29. The second kappa shape index (κ2) is 9.09. The van der Waals surface area contributed by atoms with Crippen LogP contribution in [-0.2, 0) is 9.53 Å². The van der Waals surface area contributed by atoms with Gasteiger partial charge in [0.05, 0.1) is 0 Å². The Morgan fingerprint density at radius 2 is 1.62 bits per heavy atom. The number of phenolic OH excluding ortho intramolecular Hbond substituents is 1. The van der Waals surface area contributed by atoms with E-state index in [4.69, 9.17) is 4.74 Å². The lowest BCUT2D eigenvalue weighted by Gasteiger charge is -2.34. The van der Waals surface area contributed by atoms with Crippen molar-refractivity contribution in [3.05, 3.63) is 59.7 Å². The summed E-state index contributed by atoms with van der Waals surface area (Å²) in [7, 11) is 0. The van der Waals surface area contributed by atoms with Crippen LogP contribution in [0.15, 0.2) is 48.5 Å². The van der Waals surface area contributed by atoms with E-state index in [1.165, 1.54) is 6.07 Å². The van der Waals surface area contributed by atoms with Crippen molar-refractivity contribution in [1.29, 1.82) is 0 Å². The zero-order valence-electron chi connectivity index (χ0n) is 16.1. The number of hydrogen-bond donors (Lipinski definition) is 2. The summed E-state index contributed by atoms with van der Waals surface area (Å²) in [4.78, 5) is 39.9. The number of esters is 1. The third-order valence-corrected chi connectivity index (χ3v) is 4.73. The van der Waals surface area contributed by atoms with Gasteiger partial charge in [-0.3, -0.25) is 4.79 Å². The maximum absolute atomic E-state index is 12.3. The number of nitrogens with zero attached hydrogens (tertiary/aromatic N) is 2. The van der Waals surface area contributed by atoms with Crippen LogP contribution in [0.2, 0.25) is 0 Å². The van der Waals surface area contributed by atoms with E-state index in [-0.39, 0.29) is 23.3 Å². The van der Waals surface area contributed by atoms with Crippen LogP contribution in [0.4, 0.5) is 10.5 Å². The Bertz CT molecular complexity index is 892. The van der Waals surface area contributed by atoms with Crippen molar-refractivity contribution >= 4 is 23.6 Å². The molecule has 0 saturated carbocycles. The number of nitrogens with one attached hydrogen (secondary N) is 1. The Morgan fingerprint density at radius 1 is 0.966 bits per heavy atom. The Hall–Kier alpha value is -3.55. The van der Waals surface area contributed by atoms with Gasteiger partial charge in [-0.15, -0.1) is 0 Å². The van der Waals surface area contributed by atoms with Crippen LogP contribution in [0.3, 0.4) is 0 Å². The highest BCUT2D eigenvalue weighted by Gasteiger charge is 2.25. The first-order chi connectivity index (χ1) is 14.0. The Morgan fingerprint density at radius 3 is 2.31 bits per heavy atom. The summed E-state index contributed by atoms with van der Waals surface area (Å²) in [6.45, 7) is 2.74. The topological polar surface area (TPSA) is 99.2 Å². The van der Waals surface area contributed by atoms with Crippen molar-refractivity contribution in [3.63, 3.8) is 0 Å². The summed E-state index contributed by atoms with van der Waals surface area (Å²) in [6.07, 6.45) is 0. The highest BCUT2D eigenvalue weighted by Crippen LogP contribution is 2.22. The minimum atomic E-state index is -0.750. The number of carbonyl (C=O) groups is 3. The van der Waals surface area contributed by atoms with E-state index in [1.54, 1.807) is 41.0 Å². The van der Waals surface area contributed by atoms with Crippen molar-refractivity contribution in [2.24, 2.45) is 0 Å². The van der Waals surface area contributed by atoms with Crippen LogP contribution in [0, 0.1) is 6.92 Å². The number of para-hydroxylation sites is 2. The normalized spacial score (nSPS) is 13.7. The first kappa shape index (κ1) is 20.2. The maximum Gasteiger partial charge on any atom is 0.342 e. The van der Waals surface area contributed by atoms with Gasteiger partial charge in [0.15, 0.2) is 6.61 Å². The lowest BCUT2D eigenvalue weighted by Crippen LogP contribution is -2.52. The Balaban J connectivity index is 1.45. The number of benzene rings is 2. The van der Waals surface area contributed by atoms with Crippen LogP contribution >= 0.6 is 0 Å². The van der Waals surface area contributed by atoms with E-state index in [0.717, 1.165) is 0 Å². The molecule has 1 heterocycles. The third kappa shape index (κ3) is 5.04. The predicted molar refractivity (Wildman–Crippen MR) is 107 cm³/mol. The molecule has 0 aromatic heterocycles. The summed E-state index contributed by atoms with van der Waals surface area (Å²) in [5.74, 6) is -1.24. The number of aryl methyl sites for hydroxylation is 1. The van der Waals surface area contributed by atoms with Crippen molar-refractivity contribution < 1.29 is 24.2 Å². The van der Waals surface area contributed by atoms with Gasteiger partial charge in [0.25, 0.3) is 5.91 Å². The zero-order valence-corrected chi connectivity index (χ0v) is 16.1. The molecule has 0 radical (unpaired) electrons. The monoisotopic (exact) mass is 397 g/mol. The standard InChI is InChI=1S/C21H23N3O5/c1-15-6-5-9-17(19(15)26)20(27)29-14-18(25)23-10-12-24(13-11-23)21(28)22-16-7-3-2-4-8-16/h2-9,26H,10-14H2,1H3,(H,22,28). The molecule has 152 valence electrons. The summed E-state index contributed by atoms with van der Waals surface area (Å²) in [5, 5.41) is 12.7. The molecule has 0 aliphatic carbocycles. The summed E-state index contributed by atoms with van der Waals surface area (Å²) >= 11 is 0. The van der Waals surface area contributed by atoms with Gasteiger partial charge < -0.3 is 25.0 Å². The van der Waals surface area contributed by atoms with Crippen molar-refractivity contribution in [2.45, 2.75) is 6.92 Å². The van der Waals surface area contributed by atoms with E-state index < -0.39 is 12.6 Å². The second-order valence-corrected chi connectivity index (χ2v) is 6.71. The molecule has 0 unspecified atom stereocenters. The molecule has 0 bridgehead atoms. The number of rotatable bonds is 4. The van der Waals surface area contributed by atoms with Gasteiger partial charge >= 0.3 is 12.0 Å². The van der Waals surface area contributed by atoms with Crippen LogP contribution in [0.1, 0.15) is 15.9 Å². The van der Waals surface area contributed by atoms with E-state index in [1.807, 2.05) is 18.2 Å². The predicted octanol–water partition coefficient (Wildman–Crippen LogP) is 2.23. The molecule has 1 saturated heterocycles. The van der Waals surface area contributed by atoms with Crippen LogP contribution in [0.5, 0.6) is 5.75 Å². The average Bonchev–Trinajstić information content (AvgIpc) is 2.74. The maximum atomic E-state index is 12.3. The van der Waals surface area contributed by atoms with Crippen LogP contribution in [0.25, 0.3) is 0 Å². The molecular weight excluding hydrogens is 374 g/mol. The number of ether oxygens (including phenoxy) is 1. The van der Waals surface area contributed by atoms with Gasteiger partial charge in [-0.2, -0.15) is 0 Å². The molecule has 2 aromatic rings. The van der Waals surface area contributed by atoms with E-state index in [9.17, 15) is 19.5 Å². The highest BCUT2D eigenvalue weighted by atomic mass is 16.5. The molecule has 3 rings (SSSR count). The van der Waals surface area contributed by atoms with E-state index in [2.05, 4.69) is 5.32 Å². The van der Waals surface area contributed by atoms with Gasteiger partial charge in [0.2, 0.25) is 0 Å². The fourth-order valence-corrected chi connectivity index (χ4v) is 3.00. The molecule has 1 fully saturated rings. The molecule has 29 heavy (non-hydrogen) atoms. The van der Waals surface area contributed by atoms with E-state index >= 15 is 0 Å². The van der Waals surface area contributed by atoms with Crippen molar-refractivity contribution in [1.82, 2.24) is 9.80 Å². The molecule has 8 nitrogen and oxygen atoms in total. The number of phenols is 1. The van der Waals surface area contributed by atoms with Gasteiger partial charge in [0.1, 0.15) is 11.3 Å². The number of hydrogen-bond acceptors (Lipinski definition) is 5. The average molecular weight is 397 g/mol. The number of amides is 3. The van der Waals surface area contributed by atoms with Crippen molar-refractivity contribution in [2.75, 3.05) is 38.1 Å². The third-order valence-electron chi connectivity index (χ3n) is 4.73. The molecular formula is C21H23N3O5. The molecule has 0 atom stereocenters. The first-order valence-electron chi connectivity index (χ1n) is 9.30. The van der Waals surface area contributed by atoms with Gasteiger partial charge in [-0.1, -0.05) is 30.3 Å². The Kier molecular flexibility index (Phi) is 6.33. The van der Waals surface area contributed by atoms with E-state index in [0.29, 0.717) is 37.4 Å². The van der Waals surface area contributed by atoms with Gasteiger partial charge in [0, 0.05) is 31.9 Å². The lowest BCUT2D eigenvalue weighted by atomic mass is 10.1. The van der Waals surface area contributed by atoms with Crippen LogP contribution < -0.4 is 5.32 Å². The number of piperazine rings is 1. The molecule has 8 heteroatoms. The van der Waals surface area contributed by atoms with Gasteiger partial charge in [-0.25, -0.2) is 9.59 Å². The number of carbonyl (C=O) groups excluding carboxylic acids is 3. The fraction of sp³-hybridized carbons (Fsp3) is 0.286. The smallest absolute Gasteiger partial charge is 0.342 e. The first-order valence-corrected chi connectivity index (χ1v) is 9.30. The minimum Gasteiger partial charge on any atom is -0.507 e. The fourth-order valence-electron chi connectivity index (χ4n) is 3.00. The SMILES string of the molecule is Cc1cccc(C(=O)OCC(=O)N2CCN(C(=O)Nc3ccccc3)CC2)c1O. The molecule has 1 aliphatic heterocycles.